The molecule has 2 atom stereocenters. The summed E-state index contributed by atoms with van der Waals surface area (Å²) in [6.07, 6.45) is 10.8. The van der Waals surface area contributed by atoms with Crippen LogP contribution in [0.2, 0.25) is 0 Å². The van der Waals surface area contributed by atoms with Crippen LogP contribution in [-0.2, 0) is 17.6 Å². The first-order valence-corrected chi connectivity index (χ1v) is 12.0. The molecular weight excluding hydrogens is 386 g/mol. The monoisotopic (exact) mass is 419 g/mol. The minimum atomic E-state index is -0.543. The van der Waals surface area contributed by atoms with Crippen LogP contribution in [0.5, 0.6) is 11.5 Å². The van der Waals surface area contributed by atoms with Crippen LogP contribution in [0.1, 0.15) is 81.0 Å². The summed E-state index contributed by atoms with van der Waals surface area (Å²) in [5.41, 5.74) is 3.72. The van der Waals surface area contributed by atoms with Gasteiger partial charge in [-0.05, 0) is 87.6 Å². The van der Waals surface area contributed by atoms with Crippen molar-refractivity contribution < 1.29 is 14.3 Å². The number of rotatable bonds is 4. The lowest BCUT2D eigenvalue weighted by Crippen LogP contribution is -2.48. The molecule has 4 heteroatoms. The molecule has 1 amide bonds. The number of nitrogens with one attached hydrogen (secondary N) is 1. The lowest BCUT2D eigenvalue weighted by atomic mass is 9.77. The predicted molar refractivity (Wildman–Crippen MR) is 122 cm³/mol. The van der Waals surface area contributed by atoms with Crippen LogP contribution in [0.25, 0.3) is 0 Å². The standard InChI is InChI=1S/C27H33NO3/c1-19(30-22-14-13-20-9-3-4-10-21(20)17-22)26(29)28-24-18-27(15-7-2-8-16-27)31-25-12-6-5-11-23(24)25/h5-6,11-14,17,19,24H,2-4,7-10,15-16,18H2,1H3,(H,28,29)/t19-,24-/m1/s1. The first-order valence-electron chi connectivity index (χ1n) is 12.0. The zero-order chi connectivity index (χ0) is 21.3. The third kappa shape index (κ3) is 4.30. The number of amides is 1. The van der Waals surface area contributed by atoms with Crippen molar-refractivity contribution in [1.82, 2.24) is 5.32 Å². The van der Waals surface area contributed by atoms with Gasteiger partial charge in [-0.15, -0.1) is 0 Å². The van der Waals surface area contributed by atoms with Crippen LogP contribution < -0.4 is 14.8 Å². The Morgan fingerprint density at radius 1 is 1.03 bits per heavy atom. The second kappa shape index (κ2) is 8.57. The summed E-state index contributed by atoms with van der Waals surface area (Å²) in [5.74, 6) is 1.65. The molecule has 4 nitrogen and oxygen atoms in total. The largest absolute Gasteiger partial charge is 0.487 e. The molecule has 1 saturated carbocycles. The number of para-hydroxylation sites is 1. The van der Waals surface area contributed by atoms with Crippen molar-refractivity contribution in [2.45, 2.75) is 88.9 Å². The van der Waals surface area contributed by atoms with Crippen LogP contribution in [0, 0.1) is 0 Å². The molecule has 2 aromatic rings. The average molecular weight is 420 g/mol. The van der Waals surface area contributed by atoms with Crippen LogP contribution >= 0.6 is 0 Å². The fourth-order valence-electron chi connectivity index (χ4n) is 5.58. The number of carbonyl (C=O) groups is 1. The topological polar surface area (TPSA) is 47.6 Å². The van der Waals surface area contributed by atoms with E-state index in [9.17, 15) is 4.79 Å². The summed E-state index contributed by atoms with van der Waals surface area (Å²) in [6, 6.07) is 14.4. The van der Waals surface area contributed by atoms with E-state index in [1.165, 1.54) is 43.2 Å². The smallest absolute Gasteiger partial charge is 0.261 e. The van der Waals surface area contributed by atoms with Crippen molar-refractivity contribution in [2.24, 2.45) is 0 Å². The minimum Gasteiger partial charge on any atom is -0.487 e. The van der Waals surface area contributed by atoms with Gasteiger partial charge in [0.25, 0.3) is 5.91 Å². The van der Waals surface area contributed by atoms with Gasteiger partial charge in [0.05, 0.1) is 6.04 Å². The molecule has 31 heavy (non-hydrogen) atoms. The van der Waals surface area contributed by atoms with E-state index in [-0.39, 0.29) is 17.6 Å². The molecule has 1 spiro atoms. The highest BCUT2D eigenvalue weighted by molar-refractivity contribution is 5.81. The maximum absolute atomic E-state index is 13.1. The summed E-state index contributed by atoms with van der Waals surface area (Å²) in [5, 5.41) is 3.29. The molecule has 2 aromatic carbocycles. The van der Waals surface area contributed by atoms with Gasteiger partial charge in [-0.2, -0.15) is 0 Å². The Morgan fingerprint density at radius 2 is 1.81 bits per heavy atom. The molecule has 0 aromatic heterocycles. The van der Waals surface area contributed by atoms with E-state index in [0.717, 1.165) is 49.2 Å². The molecule has 0 unspecified atom stereocenters. The van der Waals surface area contributed by atoms with Gasteiger partial charge in [-0.3, -0.25) is 4.79 Å². The van der Waals surface area contributed by atoms with Crippen molar-refractivity contribution in [1.29, 1.82) is 0 Å². The van der Waals surface area contributed by atoms with E-state index >= 15 is 0 Å². The zero-order valence-electron chi connectivity index (χ0n) is 18.5. The molecule has 1 N–H and O–H groups in total. The summed E-state index contributed by atoms with van der Waals surface area (Å²) in [6.45, 7) is 1.84. The highest BCUT2D eigenvalue weighted by atomic mass is 16.5. The third-order valence-electron chi connectivity index (χ3n) is 7.28. The van der Waals surface area contributed by atoms with Crippen LogP contribution in [-0.4, -0.2) is 17.6 Å². The van der Waals surface area contributed by atoms with E-state index in [4.69, 9.17) is 9.47 Å². The maximum Gasteiger partial charge on any atom is 0.261 e. The first-order chi connectivity index (χ1) is 15.1. The number of carbonyl (C=O) groups excluding carboxylic acids is 1. The van der Waals surface area contributed by atoms with E-state index < -0.39 is 6.10 Å². The van der Waals surface area contributed by atoms with Gasteiger partial charge in [0.1, 0.15) is 17.1 Å². The Balaban J connectivity index is 1.29. The highest BCUT2D eigenvalue weighted by Crippen LogP contribution is 2.46. The molecule has 164 valence electrons. The van der Waals surface area contributed by atoms with E-state index in [1.54, 1.807) is 0 Å². The van der Waals surface area contributed by atoms with Crippen molar-refractivity contribution in [3.05, 3.63) is 59.2 Å². The summed E-state index contributed by atoms with van der Waals surface area (Å²) < 4.78 is 12.6. The molecule has 1 aliphatic heterocycles. The number of hydrogen-bond acceptors (Lipinski definition) is 3. The zero-order valence-corrected chi connectivity index (χ0v) is 18.5. The number of aryl methyl sites for hydroxylation is 2. The summed E-state index contributed by atoms with van der Waals surface area (Å²) in [7, 11) is 0. The van der Waals surface area contributed by atoms with Gasteiger partial charge in [0.15, 0.2) is 6.10 Å². The van der Waals surface area contributed by atoms with Gasteiger partial charge in [0.2, 0.25) is 0 Å². The number of fused-ring (bicyclic) bond motifs is 2. The Kier molecular flexibility index (Phi) is 5.64. The molecule has 2 aliphatic carbocycles. The fraction of sp³-hybridized carbons (Fsp3) is 0.519. The molecule has 1 fully saturated rings. The molecular formula is C27H33NO3. The summed E-state index contributed by atoms with van der Waals surface area (Å²) in [4.78, 5) is 13.1. The Hall–Kier alpha value is -2.49. The minimum absolute atomic E-state index is 0.0369. The lowest BCUT2D eigenvalue weighted by Gasteiger charge is -2.44. The fourth-order valence-corrected chi connectivity index (χ4v) is 5.58. The quantitative estimate of drug-likeness (QED) is 0.694. The highest BCUT2D eigenvalue weighted by Gasteiger charge is 2.42. The Morgan fingerprint density at radius 3 is 2.65 bits per heavy atom. The Bertz CT molecular complexity index is 947. The van der Waals surface area contributed by atoms with Gasteiger partial charge >= 0.3 is 0 Å². The molecule has 0 radical (unpaired) electrons. The lowest BCUT2D eigenvalue weighted by molar-refractivity contribution is -0.128. The maximum atomic E-state index is 13.1. The molecule has 0 saturated heterocycles. The van der Waals surface area contributed by atoms with Gasteiger partial charge in [0, 0.05) is 12.0 Å². The van der Waals surface area contributed by atoms with E-state index in [1.807, 2.05) is 31.2 Å². The predicted octanol–water partition coefficient (Wildman–Crippen LogP) is 5.68. The van der Waals surface area contributed by atoms with Crippen molar-refractivity contribution in [3.63, 3.8) is 0 Å². The average Bonchev–Trinajstić information content (AvgIpc) is 2.79. The normalized spacial score (nSPS) is 22.5. The molecule has 0 bridgehead atoms. The number of hydrogen-bond donors (Lipinski definition) is 1. The second-order valence-electron chi connectivity index (χ2n) is 9.55. The van der Waals surface area contributed by atoms with Crippen molar-refractivity contribution in [3.8, 4) is 11.5 Å². The van der Waals surface area contributed by atoms with Gasteiger partial charge in [-0.25, -0.2) is 0 Å². The molecule has 3 aliphatic rings. The van der Waals surface area contributed by atoms with Crippen LogP contribution in [0.15, 0.2) is 42.5 Å². The number of benzene rings is 2. The van der Waals surface area contributed by atoms with Gasteiger partial charge < -0.3 is 14.8 Å². The van der Waals surface area contributed by atoms with Gasteiger partial charge in [-0.1, -0.05) is 30.7 Å². The van der Waals surface area contributed by atoms with Crippen LogP contribution in [0.4, 0.5) is 0 Å². The SMILES string of the molecule is C[C@@H](Oc1ccc2c(c1)CCCC2)C(=O)N[C@@H]1CC2(CCCCC2)Oc2ccccc21. The summed E-state index contributed by atoms with van der Waals surface area (Å²) >= 11 is 0. The Labute approximate surface area is 185 Å². The van der Waals surface area contributed by atoms with Crippen LogP contribution in [0.3, 0.4) is 0 Å². The number of ether oxygens (including phenoxy) is 2. The van der Waals surface area contributed by atoms with E-state index in [2.05, 4.69) is 23.5 Å². The van der Waals surface area contributed by atoms with Crippen molar-refractivity contribution >= 4 is 5.91 Å². The third-order valence-corrected chi connectivity index (χ3v) is 7.28. The van der Waals surface area contributed by atoms with Crippen molar-refractivity contribution in [2.75, 3.05) is 0 Å². The molecule has 5 rings (SSSR count). The first kappa shape index (κ1) is 20.4. The van der Waals surface area contributed by atoms with E-state index in [0.29, 0.717) is 0 Å². The second-order valence-corrected chi connectivity index (χ2v) is 9.55. The molecule has 1 heterocycles.